The van der Waals surface area contributed by atoms with Crippen molar-refractivity contribution >= 4 is 5.69 Å². The zero-order valence-corrected chi connectivity index (χ0v) is 10.3. The molecule has 2 fully saturated rings. The SMILES string of the molecule is Cc1ccc(NC2CC3CCC2C3)cc1C. The zero-order valence-electron chi connectivity index (χ0n) is 10.3. The summed E-state index contributed by atoms with van der Waals surface area (Å²) < 4.78 is 0. The fourth-order valence-electron chi connectivity index (χ4n) is 3.47. The Morgan fingerprint density at radius 1 is 1.06 bits per heavy atom. The highest BCUT2D eigenvalue weighted by molar-refractivity contribution is 5.49. The van der Waals surface area contributed by atoms with Gasteiger partial charge in [0.25, 0.3) is 0 Å². The number of benzene rings is 1. The molecule has 3 rings (SSSR count). The van der Waals surface area contributed by atoms with E-state index in [1.807, 2.05) is 0 Å². The van der Waals surface area contributed by atoms with Crippen molar-refractivity contribution in [2.75, 3.05) is 5.32 Å². The molecule has 1 aromatic rings. The summed E-state index contributed by atoms with van der Waals surface area (Å²) in [5, 5.41) is 3.74. The monoisotopic (exact) mass is 215 g/mol. The van der Waals surface area contributed by atoms with Crippen LogP contribution < -0.4 is 5.32 Å². The third-order valence-corrected chi connectivity index (χ3v) is 4.60. The zero-order chi connectivity index (χ0) is 11.1. The third-order valence-electron chi connectivity index (χ3n) is 4.60. The van der Waals surface area contributed by atoms with Crippen molar-refractivity contribution in [2.45, 2.75) is 45.6 Å². The molecule has 2 aliphatic rings. The van der Waals surface area contributed by atoms with Gasteiger partial charge in [0, 0.05) is 11.7 Å². The quantitative estimate of drug-likeness (QED) is 0.789. The van der Waals surface area contributed by atoms with Crippen LogP contribution >= 0.6 is 0 Å². The van der Waals surface area contributed by atoms with Gasteiger partial charge in [0.15, 0.2) is 0 Å². The standard InChI is InChI=1S/C15H21N/c1-10-3-6-14(7-11(10)2)16-15-9-12-4-5-13(15)8-12/h3,6-7,12-13,15-16H,4-5,8-9H2,1-2H3. The van der Waals surface area contributed by atoms with Gasteiger partial charge in [-0.25, -0.2) is 0 Å². The van der Waals surface area contributed by atoms with E-state index in [-0.39, 0.29) is 0 Å². The molecule has 86 valence electrons. The van der Waals surface area contributed by atoms with Gasteiger partial charge in [0.1, 0.15) is 0 Å². The fraction of sp³-hybridized carbons (Fsp3) is 0.600. The van der Waals surface area contributed by atoms with Crippen molar-refractivity contribution in [3.05, 3.63) is 29.3 Å². The van der Waals surface area contributed by atoms with Gasteiger partial charge < -0.3 is 5.32 Å². The molecule has 0 heterocycles. The molecule has 1 aromatic carbocycles. The van der Waals surface area contributed by atoms with Crippen LogP contribution in [0.25, 0.3) is 0 Å². The summed E-state index contributed by atoms with van der Waals surface area (Å²) in [5.74, 6) is 1.97. The Morgan fingerprint density at radius 3 is 2.56 bits per heavy atom. The lowest BCUT2D eigenvalue weighted by Crippen LogP contribution is -2.25. The van der Waals surface area contributed by atoms with Gasteiger partial charge in [-0.15, -0.1) is 0 Å². The van der Waals surface area contributed by atoms with E-state index in [4.69, 9.17) is 0 Å². The van der Waals surface area contributed by atoms with E-state index in [1.54, 1.807) is 0 Å². The van der Waals surface area contributed by atoms with E-state index in [9.17, 15) is 0 Å². The highest BCUT2D eigenvalue weighted by Crippen LogP contribution is 2.45. The molecule has 0 radical (unpaired) electrons. The summed E-state index contributed by atoms with van der Waals surface area (Å²) >= 11 is 0. The maximum absolute atomic E-state index is 3.74. The van der Waals surface area contributed by atoms with Gasteiger partial charge in [0.05, 0.1) is 0 Å². The molecule has 3 unspecified atom stereocenters. The average Bonchev–Trinajstić information content (AvgIpc) is 2.85. The predicted octanol–water partition coefficient (Wildman–Crippen LogP) is 3.90. The number of anilines is 1. The fourth-order valence-corrected chi connectivity index (χ4v) is 3.47. The number of hydrogen-bond acceptors (Lipinski definition) is 1. The van der Waals surface area contributed by atoms with Crippen LogP contribution in [0.5, 0.6) is 0 Å². The maximum atomic E-state index is 3.74. The first-order valence-electron chi connectivity index (χ1n) is 6.56. The van der Waals surface area contributed by atoms with E-state index < -0.39 is 0 Å². The van der Waals surface area contributed by atoms with Gasteiger partial charge in [-0.1, -0.05) is 12.5 Å². The van der Waals surface area contributed by atoms with Crippen LogP contribution in [0.4, 0.5) is 5.69 Å². The topological polar surface area (TPSA) is 12.0 Å². The highest BCUT2D eigenvalue weighted by atomic mass is 14.9. The van der Waals surface area contributed by atoms with Crippen molar-refractivity contribution in [3.8, 4) is 0 Å². The summed E-state index contributed by atoms with van der Waals surface area (Å²) in [7, 11) is 0. The molecule has 0 aromatic heterocycles. The van der Waals surface area contributed by atoms with Crippen molar-refractivity contribution in [1.82, 2.24) is 0 Å². The molecule has 3 atom stereocenters. The van der Waals surface area contributed by atoms with Crippen LogP contribution in [0.2, 0.25) is 0 Å². The van der Waals surface area contributed by atoms with Gasteiger partial charge in [-0.2, -0.15) is 0 Å². The van der Waals surface area contributed by atoms with Crippen LogP contribution in [0, 0.1) is 25.7 Å². The Hall–Kier alpha value is -0.980. The van der Waals surface area contributed by atoms with E-state index in [1.165, 1.54) is 42.5 Å². The largest absolute Gasteiger partial charge is 0.382 e. The second-order valence-corrected chi connectivity index (χ2v) is 5.72. The predicted molar refractivity (Wildman–Crippen MR) is 68.8 cm³/mol. The Labute approximate surface area is 98.3 Å². The molecule has 0 spiro atoms. The van der Waals surface area contributed by atoms with E-state index in [0.29, 0.717) is 0 Å². The lowest BCUT2D eigenvalue weighted by atomic mass is 9.95. The minimum atomic E-state index is 0.751. The van der Waals surface area contributed by atoms with Crippen LogP contribution in [0.15, 0.2) is 18.2 Å². The molecule has 1 heteroatoms. The second-order valence-electron chi connectivity index (χ2n) is 5.72. The molecule has 16 heavy (non-hydrogen) atoms. The minimum Gasteiger partial charge on any atom is -0.382 e. The van der Waals surface area contributed by atoms with Crippen molar-refractivity contribution in [2.24, 2.45) is 11.8 Å². The van der Waals surface area contributed by atoms with Crippen LogP contribution in [0.1, 0.15) is 36.8 Å². The van der Waals surface area contributed by atoms with E-state index in [2.05, 4.69) is 37.4 Å². The Kier molecular flexibility index (Phi) is 2.42. The van der Waals surface area contributed by atoms with Gasteiger partial charge in [0.2, 0.25) is 0 Å². The normalized spacial score (nSPS) is 32.0. The molecular formula is C15H21N. The molecule has 2 saturated carbocycles. The Balaban J connectivity index is 1.72. The van der Waals surface area contributed by atoms with Crippen molar-refractivity contribution < 1.29 is 0 Å². The number of nitrogens with one attached hydrogen (secondary N) is 1. The molecule has 2 aliphatic carbocycles. The molecule has 1 N–H and O–H groups in total. The first-order valence-corrected chi connectivity index (χ1v) is 6.56. The molecule has 2 bridgehead atoms. The first kappa shape index (κ1) is 10.2. The summed E-state index contributed by atoms with van der Waals surface area (Å²) in [4.78, 5) is 0. The van der Waals surface area contributed by atoms with Crippen LogP contribution in [-0.4, -0.2) is 6.04 Å². The first-order chi connectivity index (χ1) is 7.72. The number of fused-ring (bicyclic) bond motifs is 2. The average molecular weight is 215 g/mol. The molecule has 0 saturated heterocycles. The number of aryl methyl sites for hydroxylation is 2. The summed E-state index contributed by atoms with van der Waals surface area (Å²) in [5.41, 5.74) is 4.10. The molecular weight excluding hydrogens is 194 g/mol. The van der Waals surface area contributed by atoms with Gasteiger partial charge >= 0.3 is 0 Å². The van der Waals surface area contributed by atoms with Crippen molar-refractivity contribution in [3.63, 3.8) is 0 Å². The van der Waals surface area contributed by atoms with Crippen LogP contribution in [0.3, 0.4) is 0 Å². The summed E-state index contributed by atoms with van der Waals surface area (Å²) in [6.45, 7) is 4.37. The lowest BCUT2D eigenvalue weighted by molar-refractivity contribution is 0.440. The highest BCUT2D eigenvalue weighted by Gasteiger charge is 2.39. The summed E-state index contributed by atoms with van der Waals surface area (Å²) in [6, 6.07) is 7.50. The molecule has 0 aliphatic heterocycles. The number of rotatable bonds is 2. The van der Waals surface area contributed by atoms with Gasteiger partial charge in [-0.3, -0.25) is 0 Å². The molecule has 0 amide bonds. The third kappa shape index (κ3) is 1.73. The summed E-state index contributed by atoms with van der Waals surface area (Å²) in [6.07, 6.45) is 5.81. The Bertz CT molecular complexity index is 396. The van der Waals surface area contributed by atoms with E-state index >= 15 is 0 Å². The van der Waals surface area contributed by atoms with Crippen molar-refractivity contribution in [1.29, 1.82) is 0 Å². The maximum Gasteiger partial charge on any atom is 0.0345 e. The minimum absolute atomic E-state index is 0.751. The smallest absolute Gasteiger partial charge is 0.0345 e. The second kappa shape index (κ2) is 3.80. The lowest BCUT2D eigenvalue weighted by Gasteiger charge is -2.24. The van der Waals surface area contributed by atoms with Crippen LogP contribution in [-0.2, 0) is 0 Å². The Morgan fingerprint density at radius 2 is 1.94 bits per heavy atom. The number of hydrogen-bond donors (Lipinski definition) is 1. The van der Waals surface area contributed by atoms with E-state index in [0.717, 1.165) is 17.9 Å². The molecule has 1 nitrogen and oxygen atoms in total. The van der Waals surface area contributed by atoms with Gasteiger partial charge in [-0.05, 0) is 68.2 Å².